The van der Waals surface area contributed by atoms with Crippen LogP contribution in [-0.2, 0) is 0 Å². The van der Waals surface area contributed by atoms with Crippen molar-refractivity contribution in [3.63, 3.8) is 0 Å². The van der Waals surface area contributed by atoms with E-state index in [-0.39, 0.29) is 5.75 Å². The lowest BCUT2D eigenvalue weighted by atomic mass is 10.1. The molecule has 0 aliphatic rings. The van der Waals surface area contributed by atoms with Gasteiger partial charge < -0.3 is 5.11 Å². The van der Waals surface area contributed by atoms with Crippen LogP contribution in [0.25, 0.3) is 10.9 Å². The van der Waals surface area contributed by atoms with Crippen molar-refractivity contribution in [2.75, 3.05) is 0 Å². The van der Waals surface area contributed by atoms with Gasteiger partial charge in [-0.2, -0.15) is 0 Å². The fourth-order valence-corrected chi connectivity index (χ4v) is 1.26. The number of carbonyl (C=O) groups is 1. The van der Waals surface area contributed by atoms with E-state index in [4.69, 9.17) is 5.11 Å². The van der Waals surface area contributed by atoms with Gasteiger partial charge in [0.05, 0.1) is 5.52 Å². The van der Waals surface area contributed by atoms with Crippen molar-refractivity contribution in [2.24, 2.45) is 0 Å². The van der Waals surface area contributed by atoms with E-state index in [1.165, 1.54) is 12.1 Å². The first kappa shape index (κ1) is 7.73. The van der Waals surface area contributed by atoms with E-state index >= 15 is 0 Å². The number of rotatable bonds is 1. The first-order valence-corrected chi connectivity index (χ1v) is 3.84. The maximum absolute atomic E-state index is 10.6. The van der Waals surface area contributed by atoms with Gasteiger partial charge in [-0.05, 0) is 18.2 Å². The minimum Gasteiger partial charge on any atom is -0.508 e. The van der Waals surface area contributed by atoms with E-state index in [2.05, 4.69) is 4.98 Å². The van der Waals surface area contributed by atoms with Crippen LogP contribution in [0.4, 0.5) is 0 Å². The summed E-state index contributed by atoms with van der Waals surface area (Å²) in [6.45, 7) is 0. The fourth-order valence-electron chi connectivity index (χ4n) is 1.26. The summed E-state index contributed by atoms with van der Waals surface area (Å²) in [6.07, 6.45) is 2.33. The summed E-state index contributed by atoms with van der Waals surface area (Å²) in [5, 5.41) is 9.93. The highest BCUT2D eigenvalue weighted by atomic mass is 16.3. The van der Waals surface area contributed by atoms with E-state index in [1.54, 1.807) is 18.3 Å². The minimum atomic E-state index is 0.156. The highest BCUT2D eigenvalue weighted by molar-refractivity contribution is 5.96. The quantitative estimate of drug-likeness (QED) is 0.668. The second-order valence-corrected chi connectivity index (χ2v) is 2.72. The normalized spacial score (nSPS) is 10.2. The van der Waals surface area contributed by atoms with Crippen LogP contribution in [0.3, 0.4) is 0 Å². The number of phenolic OH excluding ortho intramolecular Hbond substituents is 1. The van der Waals surface area contributed by atoms with Crippen molar-refractivity contribution in [1.29, 1.82) is 0 Å². The number of phenols is 1. The van der Waals surface area contributed by atoms with Gasteiger partial charge >= 0.3 is 0 Å². The molecule has 1 aromatic carbocycles. The summed E-state index contributed by atoms with van der Waals surface area (Å²) < 4.78 is 0. The Morgan fingerprint density at radius 3 is 2.92 bits per heavy atom. The Morgan fingerprint density at radius 1 is 1.31 bits per heavy atom. The molecule has 0 fully saturated rings. The van der Waals surface area contributed by atoms with Crippen LogP contribution in [0.1, 0.15) is 10.4 Å². The van der Waals surface area contributed by atoms with Crippen molar-refractivity contribution in [2.45, 2.75) is 0 Å². The third kappa shape index (κ3) is 1.24. The second-order valence-electron chi connectivity index (χ2n) is 2.72. The second kappa shape index (κ2) is 2.86. The molecule has 2 rings (SSSR count). The van der Waals surface area contributed by atoms with E-state index < -0.39 is 0 Å². The van der Waals surface area contributed by atoms with Crippen molar-refractivity contribution in [1.82, 2.24) is 4.98 Å². The van der Waals surface area contributed by atoms with Gasteiger partial charge in [0.25, 0.3) is 0 Å². The van der Waals surface area contributed by atoms with E-state index in [0.29, 0.717) is 11.1 Å². The Labute approximate surface area is 74.7 Å². The lowest BCUT2D eigenvalue weighted by molar-refractivity contribution is 0.112. The molecule has 1 aromatic heterocycles. The molecule has 3 heteroatoms. The SMILES string of the molecule is O=Cc1ccnc2cc(O)ccc12. The molecule has 2 aromatic rings. The van der Waals surface area contributed by atoms with Gasteiger partial charge in [0.1, 0.15) is 5.75 Å². The van der Waals surface area contributed by atoms with Crippen molar-refractivity contribution in [3.8, 4) is 5.75 Å². The molecule has 0 spiro atoms. The highest BCUT2D eigenvalue weighted by Gasteiger charge is 2.00. The molecule has 13 heavy (non-hydrogen) atoms. The molecule has 0 aliphatic carbocycles. The van der Waals surface area contributed by atoms with Gasteiger partial charge in [0.15, 0.2) is 6.29 Å². The van der Waals surface area contributed by atoms with E-state index in [0.717, 1.165) is 11.7 Å². The summed E-state index contributed by atoms with van der Waals surface area (Å²) in [6, 6.07) is 6.40. The van der Waals surface area contributed by atoms with Crippen LogP contribution in [0.5, 0.6) is 5.75 Å². The Bertz CT molecular complexity index is 465. The molecular weight excluding hydrogens is 166 g/mol. The number of nitrogens with zero attached hydrogens (tertiary/aromatic N) is 1. The maximum atomic E-state index is 10.6. The zero-order valence-electron chi connectivity index (χ0n) is 6.77. The monoisotopic (exact) mass is 173 g/mol. The highest BCUT2D eigenvalue weighted by Crippen LogP contribution is 2.19. The van der Waals surface area contributed by atoms with Gasteiger partial charge in [-0.25, -0.2) is 0 Å². The fraction of sp³-hybridized carbons (Fsp3) is 0. The number of hydrogen-bond acceptors (Lipinski definition) is 3. The number of aromatic nitrogens is 1. The van der Waals surface area contributed by atoms with Crippen molar-refractivity contribution < 1.29 is 9.90 Å². The first-order chi connectivity index (χ1) is 6.31. The Morgan fingerprint density at radius 2 is 2.15 bits per heavy atom. The molecule has 64 valence electrons. The average Bonchev–Trinajstić information content (AvgIpc) is 2.16. The lowest BCUT2D eigenvalue weighted by Gasteiger charge is -1.99. The van der Waals surface area contributed by atoms with Gasteiger partial charge in [-0.15, -0.1) is 0 Å². The maximum Gasteiger partial charge on any atom is 0.150 e. The molecule has 0 saturated heterocycles. The summed E-state index contributed by atoms with van der Waals surface area (Å²) in [4.78, 5) is 14.6. The van der Waals surface area contributed by atoms with Crippen LogP contribution < -0.4 is 0 Å². The molecule has 0 radical (unpaired) electrons. The molecule has 0 amide bonds. The van der Waals surface area contributed by atoms with E-state index in [9.17, 15) is 4.79 Å². The molecule has 0 aliphatic heterocycles. The molecule has 1 heterocycles. The number of carbonyl (C=O) groups excluding carboxylic acids is 1. The standard InChI is InChI=1S/C10H7NO2/c12-6-7-3-4-11-10-5-8(13)1-2-9(7)10/h1-6,13H. The summed E-state index contributed by atoms with van der Waals surface area (Å²) in [5.41, 5.74) is 1.22. The van der Waals surface area contributed by atoms with Crippen molar-refractivity contribution >= 4 is 17.2 Å². The first-order valence-electron chi connectivity index (χ1n) is 3.84. The third-order valence-electron chi connectivity index (χ3n) is 1.89. The summed E-state index contributed by atoms with van der Waals surface area (Å²) >= 11 is 0. The van der Waals surface area contributed by atoms with Crippen LogP contribution in [0.2, 0.25) is 0 Å². The van der Waals surface area contributed by atoms with E-state index in [1.807, 2.05) is 0 Å². The number of hydrogen-bond donors (Lipinski definition) is 1. The molecule has 0 saturated carbocycles. The summed E-state index contributed by atoms with van der Waals surface area (Å²) in [5.74, 6) is 0.156. The third-order valence-corrected chi connectivity index (χ3v) is 1.89. The molecule has 0 unspecified atom stereocenters. The topological polar surface area (TPSA) is 50.2 Å². The number of benzene rings is 1. The lowest BCUT2D eigenvalue weighted by Crippen LogP contribution is -1.85. The molecule has 0 bridgehead atoms. The van der Waals surface area contributed by atoms with Crippen molar-refractivity contribution in [3.05, 3.63) is 36.0 Å². The average molecular weight is 173 g/mol. The number of aromatic hydroxyl groups is 1. The number of pyridine rings is 1. The Hall–Kier alpha value is -1.90. The predicted octanol–water partition coefficient (Wildman–Crippen LogP) is 1.75. The van der Waals surface area contributed by atoms with Gasteiger partial charge in [-0.1, -0.05) is 0 Å². The van der Waals surface area contributed by atoms with Gasteiger partial charge in [-0.3, -0.25) is 9.78 Å². The van der Waals surface area contributed by atoms with Crippen LogP contribution in [-0.4, -0.2) is 16.4 Å². The Balaban J connectivity index is 2.84. The zero-order valence-corrected chi connectivity index (χ0v) is 6.77. The number of aldehydes is 1. The molecule has 1 N–H and O–H groups in total. The molecule has 0 atom stereocenters. The Kier molecular flexibility index (Phi) is 1.70. The molecular formula is C10H7NO2. The zero-order chi connectivity index (χ0) is 9.26. The van der Waals surface area contributed by atoms with Gasteiger partial charge in [0, 0.05) is 23.2 Å². The largest absolute Gasteiger partial charge is 0.508 e. The predicted molar refractivity (Wildman–Crippen MR) is 48.8 cm³/mol. The van der Waals surface area contributed by atoms with Crippen LogP contribution in [0.15, 0.2) is 30.5 Å². The molecule has 3 nitrogen and oxygen atoms in total. The minimum absolute atomic E-state index is 0.156. The summed E-state index contributed by atoms with van der Waals surface area (Å²) in [7, 11) is 0. The smallest absolute Gasteiger partial charge is 0.150 e. The van der Waals surface area contributed by atoms with Crippen LogP contribution >= 0.6 is 0 Å². The van der Waals surface area contributed by atoms with Gasteiger partial charge in [0.2, 0.25) is 0 Å². The van der Waals surface area contributed by atoms with Crippen LogP contribution in [0, 0.1) is 0 Å². The number of fused-ring (bicyclic) bond motifs is 1.